The maximum atomic E-state index is 5.31. The summed E-state index contributed by atoms with van der Waals surface area (Å²) in [7, 11) is 1.73. The quantitative estimate of drug-likeness (QED) is 0.907. The monoisotopic (exact) mass is 331 g/mol. The zero-order valence-corrected chi connectivity index (χ0v) is 13.1. The van der Waals surface area contributed by atoms with E-state index in [1.165, 1.54) is 22.4 Å². The molecule has 0 aliphatic heterocycles. The van der Waals surface area contributed by atoms with Crippen molar-refractivity contribution in [3.63, 3.8) is 0 Å². The smallest absolute Gasteiger partial charge is 0.0744 e. The minimum Gasteiger partial charge on any atom is -0.381 e. The number of anilines is 1. The van der Waals surface area contributed by atoms with Gasteiger partial charge in [0.2, 0.25) is 0 Å². The first-order chi connectivity index (χ1) is 9.78. The molecule has 0 unspecified atom stereocenters. The Hall–Kier alpha value is -1.32. The molecule has 0 saturated heterocycles. The number of fused-ring (bicyclic) bond motifs is 1. The summed E-state index contributed by atoms with van der Waals surface area (Å²) in [6.07, 6.45) is 2.18. The molecule has 1 aliphatic carbocycles. The van der Waals surface area contributed by atoms with Crippen LogP contribution in [0.15, 0.2) is 46.9 Å². The Bertz CT molecular complexity index is 587. The van der Waals surface area contributed by atoms with Crippen LogP contribution in [0.25, 0.3) is 0 Å². The summed E-state index contributed by atoms with van der Waals surface area (Å²) in [4.78, 5) is 0. The molecule has 0 amide bonds. The Morgan fingerprint density at radius 1 is 1.10 bits per heavy atom. The molecule has 0 radical (unpaired) electrons. The lowest BCUT2D eigenvalue weighted by molar-refractivity contribution is 0.185. The summed E-state index contributed by atoms with van der Waals surface area (Å²) in [5.41, 5.74) is 5.28. The van der Waals surface area contributed by atoms with E-state index in [0.717, 1.165) is 17.3 Å². The average molecular weight is 332 g/mol. The van der Waals surface area contributed by atoms with Crippen molar-refractivity contribution in [2.24, 2.45) is 0 Å². The van der Waals surface area contributed by atoms with Crippen molar-refractivity contribution >= 4 is 21.6 Å². The molecule has 0 heterocycles. The van der Waals surface area contributed by atoms with E-state index in [0.29, 0.717) is 12.6 Å². The highest BCUT2D eigenvalue weighted by Gasteiger charge is 2.21. The minimum atomic E-state index is 0.470. The second kappa shape index (κ2) is 5.98. The highest BCUT2D eigenvalue weighted by atomic mass is 79.9. The zero-order valence-electron chi connectivity index (χ0n) is 11.5. The average Bonchev–Trinajstić information content (AvgIpc) is 2.85. The molecule has 1 aliphatic rings. The van der Waals surface area contributed by atoms with Crippen molar-refractivity contribution in [3.05, 3.63) is 63.6 Å². The van der Waals surface area contributed by atoms with Crippen LogP contribution in [0, 0.1) is 0 Å². The molecule has 2 aromatic carbocycles. The van der Waals surface area contributed by atoms with Gasteiger partial charge in [-0.25, -0.2) is 0 Å². The SMILES string of the molecule is COCc1c(Br)cccc1NC1Cc2ccccc2C1. The van der Waals surface area contributed by atoms with Gasteiger partial charge in [0, 0.05) is 28.9 Å². The molecular weight excluding hydrogens is 314 g/mol. The molecule has 20 heavy (non-hydrogen) atoms. The normalized spacial score (nSPS) is 14.3. The van der Waals surface area contributed by atoms with Crippen LogP contribution in [0.5, 0.6) is 0 Å². The van der Waals surface area contributed by atoms with Crippen LogP contribution in [0.4, 0.5) is 5.69 Å². The lowest BCUT2D eigenvalue weighted by atomic mass is 10.1. The topological polar surface area (TPSA) is 21.3 Å². The van der Waals surface area contributed by atoms with Gasteiger partial charge in [-0.05, 0) is 36.1 Å². The van der Waals surface area contributed by atoms with Gasteiger partial charge in [0.15, 0.2) is 0 Å². The van der Waals surface area contributed by atoms with Crippen molar-refractivity contribution in [1.82, 2.24) is 0 Å². The molecule has 0 spiro atoms. The molecule has 2 nitrogen and oxygen atoms in total. The number of rotatable bonds is 4. The fraction of sp³-hybridized carbons (Fsp3) is 0.294. The van der Waals surface area contributed by atoms with Gasteiger partial charge >= 0.3 is 0 Å². The van der Waals surface area contributed by atoms with Gasteiger partial charge in [-0.1, -0.05) is 46.3 Å². The molecule has 0 bridgehead atoms. The van der Waals surface area contributed by atoms with Gasteiger partial charge in [0.05, 0.1) is 6.61 Å². The van der Waals surface area contributed by atoms with Gasteiger partial charge in [-0.15, -0.1) is 0 Å². The van der Waals surface area contributed by atoms with E-state index in [-0.39, 0.29) is 0 Å². The molecule has 3 heteroatoms. The summed E-state index contributed by atoms with van der Waals surface area (Å²) >= 11 is 3.61. The lowest BCUT2D eigenvalue weighted by Gasteiger charge is -2.18. The highest BCUT2D eigenvalue weighted by molar-refractivity contribution is 9.10. The van der Waals surface area contributed by atoms with Crippen LogP contribution in [0.1, 0.15) is 16.7 Å². The largest absolute Gasteiger partial charge is 0.381 e. The summed E-state index contributed by atoms with van der Waals surface area (Å²) < 4.78 is 6.40. The molecule has 0 aromatic heterocycles. The molecule has 2 aromatic rings. The van der Waals surface area contributed by atoms with E-state index in [9.17, 15) is 0 Å². The van der Waals surface area contributed by atoms with Crippen LogP contribution in [-0.2, 0) is 24.2 Å². The van der Waals surface area contributed by atoms with Crippen LogP contribution >= 0.6 is 15.9 Å². The van der Waals surface area contributed by atoms with Gasteiger partial charge in [0.25, 0.3) is 0 Å². The Balaban J connectivity index is 1.78. The molecular formula is C17H18BrNO. The van der Waals surface area contributed by atoms with E-state index < -0.39 is 0 Å². The number of benzene rings is 2. The van der Waals surface area contributed by atoms with E-state index in [2.05, 4.69) is 63.7 Å². The fourth-order valence-electron chi connectivity index (χ4n) is 2.87. The van der Waals surface area contributed by atoms with Crippen molar-refractivity contribution < 1.29 is 4.74 Å². The predicted molar refractivity (Wildman–Crippen MR) is 86.1 cm³/mol. The van der Waals surface area contributed by atoms with Gasteiger partial charge in [0.1, 0.15) is 0 Å². The molecule has 0 saturated carbocycles. The Morgan fingerprint density at radius 3 is 2.45 bits per heavy atom. The third-order valence-corrected chi connectivity index (χ3v) is 4.56. The second-order valence-electron chi connectivity index (χ2n) is 5.22. The van der Waals surface area contributed by atoms with Crippen molar-refractivity contribution in [2.45, 2.75) is 25.5 Å². The highest BCUT2D eigenvalue weighted by Crippen LogP contribution is 2.29. The Morgan fingerprint density at radius 2 is 1.80 bits per heavy atom. The van der Waals surface area contributed by atoms with E-state index in [1.807, 2.05) is 0 Å². The standard InChI is InChI=1S/C17H18BrNO/c1-20-11-15-16(18)7-4-8-17(15)19-14-9-12-5-2-3-6-13(12)10-14/h2-8,14,19H,9-11H2,1H3. The zero-order chi connectivity index (χ0) is 13.9. The summed E-state index contributed by atoms with van der Waals surface area (Å²) in [6.45, 7) is 0.615. The molecule has 3 rings (SSSR count). The van der Waals surface area contributed by atoms with Gasteiger partial charge < -0.3 is 10.1 Å². The first kappa shape index (κ1) is 13.7. The van der Waals surface area contributed by atoms with Crippen LogP contribution in [-0.4, -0.2) is 13.2 Å². The maximum Gasteiger partial charge on any atom is 0.0744 e. The third-order valence-electron chi connectivity index (χ3n) is 3.82. The van der Waals surface area contributed by atoms with Gasteiger partial charge in [-0.3, -0.25) is 0 Å². The van der Waals surface area contributed by atoms with Crippen LogP contribution in [0.2, 0.25) is 0 Å². The van der Waals surface area contributed by atoms with E-state index in [1.54, 1.807) is 7.11 Å². The van der Waals surface area contributed by atoms with Crippen molar-refractivity contribution in [2.75, 3.05) is 12.4 Å². The molecule has 0 atom stereocenters. The predicted octanol–water partition coefficient (Wildman–Crippen LogP) is 4.17. The lowest BCUT2D eigenvalue weighted by Crippen LogP contribution is -2.20. The number of methoxy groups -OCH3 is 1. The first-order valence-electron chi connectivity index (χ1n) is 6.87. The number of ether oxygens (including phenoxy) is 1. The minimum absolute atomic E-state index is 0.470. The van der Waals surface area contributed by atoms with Crippen molar-refractivity contribution in [3.8, 4) is 0 Å². The fourth-order valence-corrected chi connectivity index (χ4v) is 3.35. The number of hydrogen-bond donors (Lipinski definition) is 1. The summed E-state index contributed by atoms with van der Waals surface area (Å²) in [5.74, 6) is 0. The third kappa shape index (κ3) is 2.74. The molecule has 104 valence electrons. The summed E-state index contributed by atoms with van der Waals surface area (Å²) in [6, 6.07) is 15.4. The number of hydrogen-bond acceptors (Lipinski definition) is 2. The molecule has 0 fully saturated rings. The summed E-state index contributed by atoms with van der Waals surface area (Å²) in [5, 5.41) is 3.67. The van der Waals surface area contributed by atoms with Crippen molar-refractivity contribution in [1.29, 1.82) is 0 Å². The van der Waals surface area contributed by atoms with Crippen LogP contribution < -0.4 is 5.32 Å². The number of nitrogens with one attached hydrogen (secondary N) is 1. The van der Waals surface area contributed by atoms with E-state index >= 15 is 0 Å². The Kier molecular flexibility index (Phi) is 4.08. The van der Waals surface area contributed by atoms with Crippen LogP contribution in [0.3, 0.4) is 0 Å². The van der Waals surface area contributed by atoms with Gasteiger partial charge in [-0.2, -0.15) is 0 Å². The molecule has 1 N–H and O–H groups in total. The Labute approximate surface area is 128 Å². The maximum absolute atomic E-state index is 5.31. The second-order valence-corrected chi connectivity index (χ2v) is 6.07. The van der Waals surface area contributed by atoms with E-state index in [4.69, 9.17) is 4.74 Å². The first-order valence-corrected chi connectivity index (χ1v) is 7.67. The number of halogens is 1.